The molecule has 0 atom stereocenters. The Morgan fingerprint density at radius 3 is 2.67 bits per heavy atom. The van der Waals surface area contributed by atoms with Gasteiger partial charge < -0.3 is 24.4 Å². The lowest BCUT2D eigenvalue weighted by molar-refractivity contribution is -0.111. The van der Waals surface area contributed by atoms with Crippen LogP contribution < -0.4 is 19.7 Å². The number of carbonyl (C=O) groups is 1. The van der Waals surface area contributed by atoms with Crippen LogP contribution in [0.4, 0.5) is 20.2 Å². The molecule has 0 unspecified atom stereocenters. The Labute approximate surface area is 178 Å². The van der Waals surface area contributed by atoms with Crippen molar-refractivity contribution in [3.05, 3.63) is 53.1 Å². The first-order valence-electron chi connectivity index (χ1n) is 9.21. The largest absolute Gasteiger partial charge is 0.493 e. The van der Waals surface area contributed by atoms with Crippen molar-refractivity contribution in [3.8, 4) is 11.5 Å². The third kappa shape index (κ3) is 5.40. The lowest BCUT2D eigenvalue weighted by Crippen LogP contribution is -2.37. The van der Waals surface area contributed by atoms with Gasteiger partial charge in [0.1, 0.15) is 0 Å². The maximum absolute atomic E-state index is 12.8. The van der Waals surface area contributed by atoms with E-state index in [1.165, 1.54) is 25.3 Å². The highest BCUT2D eigenvalue weighted by Gasteiger charge is 2.19. The number of hydrogen-bond acceptors (Lipinski definition) is 5. The molecular formula is C21H21ClF2N2O4. The average molecular weight is 439 g/mol. The summed E-state index contributed by atoms with van der Waals surface area (Å²) >= 11 is 6.37. The molecule has 0 spiro atoms. The minimum absolute atomic E-state index is 0.141. The van der Waals surface area contributed by atoms with E-state index in [4.69, 9.17) is 21.1 Å². The summed E-state index contributed by atoms with van der Waals surface area (Å²) < 4.78 is 40.5. The van der Waals surface area contributed by atoms with E-state index in [1.807, 2.05) is 4.90 Å². The summed E-state index contributed by atoms with van der Waals surface area (Å²) in [5.74, 6) is -0.448. The van der Waals surface area contributed by atoms with E-state index in [0.717, 1.165) is 0 Å². The van der Waals surface area contributed by atoms with Crippen molar-refractivity contribution in [2.75, 3.05) is 43.6 Å². The zero-order valence-electron chi connectivity index (χ0n) is 16.2. The van der Waals surface area contributed by atoms with Crippen molar-refractivity contribution < 1.29 is 27.8 Å². The SMILES string of the molecule is COc1cccc(/C=C/C(=O)Nc2cccc(Cl)c2N2CCOCC2)c1OC(F)F. The second-order valence-electron chi connectivity index (χ2n) is 6.32. The van der Waals surface area contributed by atoms with Gasteiger partial charge in [-0.2, -0.15) is 8.78 Å². The van der Waals surface area contributed by atoms with Gasteiger partial charge in [0.2, 0.25) is 5.91 Å². The van der Waals surface area contributed by atoms with Crippen LogP contribution in [-0.4, -0.2) is 45.9 Å². The fourth-order valence-electron chi connectivity index (χ4n) is 3.10. The number of benzene rings is 2. The first-order valence-corrected chi connectivity index (χ1v) is 9.59. The van der Waals surface area contributed by atoms with Crippen LogP contribution in [-0.2, 0) is 9.53 Å². The van der Waals surface area contributed by atoms with E-state index >= 15 is 0 Å². The molecule has 0 saturated carbocycles. The van der Waals surface area contributed by atoms with Crippen molar-refractivity contribution in [3.63, 3.8) is 0 Å². The predicted molar refractivity (Wildman–Crippen MR) is 112 cm³/mol. The molecule has 1 fully saturated rings. The molecule has 160 valence electrons. The second-order valence-corrected chi connectivity index (χ2v) is 6.72. The number of carbonyl (C=O) groups excluding carboxylic acids is 1. The smallest absolute Gasteiger partial charge is 0.387 e. The molecule has 0 aliphatic carbocycles. The zero-order valence-corrected chi connectivity index (χ0v) is 17.0. The molecule has 9 heteroatoms. The van der Waals surface area contributed by atoms with Crippen LogP contribution in [0.15, 0.2) is 42.5 Å². The summed E-state index contributed by atoms with van der Waals surface area (Å²) in [6, 6.07) is 9.89. The molecule has 3 rings (SSSR count). The molecule has 6 nitrogen and oxygen atoms in total. The molecule has 0 bridgehead atoms. The van der Waals surface area contributed by atoms with Crippen molar-refractivity contribution in [2.24, 2.45) is 0 Å². The minimum Gasteiger partial charge on any atom is -0.493 e. The molecule has 1 heterocycles. The van der Waals surface area contributed by atoms with Gasteiger partial charge in [0.25, 0.3) is 0 Å². The Balaban J connectivity index is 1.80. The number of nitrogens with zero attached hydrogens (tertiary/aromatic N) is 1. The number of halogens is 3. The van der Waals surface area contributed by atoms with Gasteiger partial charge in [0.05, 0.1) is 36.7 Å². The number of morpholine rings is 1. The molecule has 0 radical (unpaired) electrons. The first kappa shape index (κ1) is 21.9. The molecule has 1 aliphatic rings. The normalized spacial score (nSPS) is 14.2. The number of rotatable bonds is 7. The number of nitrogens with one attached hydrogen (secondary N) is 1. The van der Waals surface area contributed by atoms with Crippen molar-refractivity contribution >= 4 is 35.0 Å². The minimum atomic E-state index is -3.02. The Hall–Kier alpha value is -2.84. The fourth-order valence-corrected chi connectivity index (χ4v) is 3.40. The molecule has 1 aliphatic heterocycles. The van der Waals surface area contributed by atoms with E-state index in [1.54, 1.807) is 30.3 Å². The third-order valence-corrected chi connectivity index (χ3v) is 4.73. The van der Waals surface area contributed by atoms with Crippen LogP contribution >= 0.6 is 11.6 Å². The summed E-state index contributed by atoms with van der Waals surface area (Å²) in [4.78, 5) is 14.6. The Bertz CT molecular complexity index is 918. The van der Waals surface area contributed by atoms with Gasteiger partial charge in [-0.25, -0.2) is 0 Å². The van der Waals surface area contributed by atoms with Crippen LogP contribution in [0, 0.1) is 0 Å². The summed E-state index contributed by atoms with van der Waals surface area (Å²) in [5, 5.41) is 3.31. The monoisotopic (exact) mass is 438 g/mol. The molecule has 1 amide bonds. The lowest BCUT2D eigenvalue weighted by atomic mass is 10.1. The Morgan fingerprint density at radius 1 is 1.23 bits per heavy atom. The summed E-state index contributed by atoms with van der Waals surface area (Å²) in [6.45, 7) is -0.575. The van der Waals surface area contributed by atoms with E-state index in [9.17, 15) is 13.6 Å². The molecule has 1 saturated heterocycles. The number of anilines is 2. The van der Waals surface area contributed by atoms with E-state index in [2.05, 4.69) is 10.1 Å². The number of para-hydroxylation sites is 2. The number of hydrogen-bond donors (Lipinski definition) is 1. The van der Waals surface area contributed by atoms with Crippen LogP contribution in [0.1, 0.15) is 5.56 Å². The summed E-state index contributed by atoms with van der Waals surface area (Å²) in [7, 11) is 1.35. The maximum Gasteiger partial charge on any atom is 0.387 e. The number of ether oxygens (including phenoxy) is 3. The van der Waals surface area contributed by atoms with Gasteiger partial charge in [-0.1, -0.05) is 29.8 Å². The average Bonchev–Trinajstić information content (AvgIpc) is 2.73. The fraction of sp³-hybridized carbons (Fsp3) is 0.286. The lowest BCUT2D eigenvalue weighted by Gasteiger charge is -2.31. The molecule has 1 N–H and O–H groups in total. The third-order valence-electron chi connectivity index (χ3n) is 4.42. The highest BCUT2D eigenvalue weighted by atomic mass is 35.5. The van der Waals surface area contributed by atoms with Crippen LogP contribution in [0.25, 0.3) is 6.08 Å². The van der Waals surface area contributed by atoms with Gasteiger partial charge in [0, 0.05) is 24.7 Å². The Kier molecular flexibility index (Phi) is 7.48. The highest BCUT2D eigenvalue weighted by molar-refractivity contribution is 6.34. The first-order chi connectivity index (χ1) is 14.5. The number of amides is 1. The molecular weight excluding hydrogens is 418 g/mol. The van der Waals surface area contributed by atoms with Crippen LogP contribution in [0.3, 0.4) is 0 Å². The number of alkyl halides is 2. The van der Waals surface area contributed by atoms with Gasteiger partial charge in [-0.05, 0) is 24.3 Å². The van der Waals surface area contributed by atoms with E-state index in [-0.39, 0.29) is 17.1 Å². The molecule has 2 aromatic carbocycles. The van der Waals surface area contributed by atoms with Gasteiger partial charge in [-0.3, -0.25) is 4.79 Å². The second kappa shape index (κ2) is 10.3. The van der Waals surface area contributed by atoms with Gasteiger partial charge in [0.15, 0.2) is 11.5 Å². The van der Waals surface area contributed by atoms with Crippen LogP contribution in [0.5, 0.6) is 11.5 Å². The van der Waals surface area contributed by atoms with E-state index in [0.29, 0.717) is 42.7 Å². The summed E-state index contributed by atoms with van der Waals surface area (Å²) in [5.41, 5.74) is 1.55. The maximum atomic E-state index is 12.8. The standard InChI is InChI=1S/C21H21ClF2N2O4/c1-28-17-7-2-4-14(20(17)30-21(23)24)8-9-18(27)25-16-6-3-5-15(22)19(16)26-10-12-29-13-11-26/h2-9,21H,10-13H2,1H3,(H,25,27)/b9-8+. The highest BCUT2D eigenvalue weighted by Crippen LogP contribution is 2.35. The molecule has 2 aromatic rings. The zero-order chi connectivity index (χ0) is 21.5. The van der Waals surface area contributed by atoms with Crippen molar-refractivity contribution in [1.82, 2.24) is 0 Å². The van der Waals surface area contributed by atoms with Gasteiger partial charge in [-0.15, -0.1) is 0 Å². The van der Waals surface area contributed by atoms with Crippen LogP contribution in [0.2, 0.25) is 5.02 Å². The van der Waals surface area contributed by atoms with E-state index < -0.39 is 12.5 Å². The molecule has 0 aromatic heterocycles. The van der Waals surface area contributed by atoms with Gasteiger partial charge >= 0.3 is 6.61 Å². The predicted octanol–water partition coefficient (Wildman–Crippen LogP) is 4.44. The number of methoxy groups -OCH3 is 1. The topological polar surface area (TPSA) is 60.0 Å². The van der Waals surface area contributed by atoms with Crippen molar-refractivity contribution in [1.29, 1.82) is 0 Å². The van der Waals surface area contributed by atoms with Crippen molar-refractivity contribution in [2.45, 2.75) is 6.61 Å². The molecule has 30 heavy (non-hydrogen) atoms. The summed E-state index contributed by atoms with van der Waals surface area (Å²) in [6.07, 6.45) is 2.62. The Morgan fingerprint density at radius 2 is 1.97 bits per heavy atom. The quantitative estimate of drug-likeness (QED) is 0.648.